The van der Waals surface area contributed by atoms with Gasteiger partial charge in [-0.15, -0.1) is 13.2 Å². The smallest absolute Gasteiger partial charge is 0.504 e. The third-order valence-corrected chi connectivity index (χ3v) is 8.42. The molecule has 2 aromatic carbocycles. The second-order valence-electron chi connectivity index (χ2n) is 10.3. The fraction of sp³-hybridized carbons (Fsp3) is 0.519. The van der Waals surface area contributed by atoms with Crippen molar-refractivity contribution in [2.45, 2.75) is 64.0 Å². The Kier molecular flexibility index (Phi) is 6.31. The van der Waals surface area contributed by atoms with E-state index in [2.05, 4.69) is 16.8 Å². The van der Waals surface area contributed by atoms with Crippen LogP contribution in [0, 0.1) is 17.3 Å². The minimum absolute atomic E-state index is 0.0105. The maximum absolute atomic E-state index is 12.6. The molecule has 3 aliphatic carbocycles. The molecule has 0 aromatic heterocycles. The van der Waals surface area contributed by atoms with Crippen molar-refractivity contribution in [1.82, 2.24) is 0 Å². The van der Waals surface area contributed by atoms with Crippen LogP contribution in [-0.2, 0) is 11.4 Å². The first kappa shape index (κ1) is 24.7. The van der Waals surface area contributed by atoms with Gasteiger partial charge >= 0.3 is 6.36 Å². The minimum atomic E-state index is -4.77. The van der Waals surface area contributed by atoms with Gasteiger partial charge in [-0.2, -0.15) is 0 Å². The quantitative estimate of drug-likeness (QED) is 0.495. The number of hydrogen-bond donors (Lipinski definition) is 2. The number of methoxy groups -OCH3 is 1. The summed E-state index contributed by atoms with van der Waals surface area (Å²) in [7, 11) is 1.52. The monoisotopic (exact) mass is 505 g/mol. The van der Waals surface area contributed by atoms with Crippen LogP contribution in [0.5, 0.6) is 17.2 Å². The average Bonchev–Trinajstić information content (AvgIpc) is 3.12. The van der Waals surface area contributed by atoms with Gasteiger partial charge in [-0.3, -0.25) is 0 Å². The molecule has 1 unspecified atom stereocenters. The standard InChI is InChI=1S/C27H30F3NO5/c1-26-9-8-17-18-13-24(34-2)23(32)12-20(18)22(11-19(17)21(26)6-7-25(26)33)31-35-14-15-4-3-5-16(10-15)36-27(28,29)30/h3-5,10,12-13,17,19,21,25,32-33H,6-9,11,14H2,1-2H3/t17-,19-,21+,25?,26+/m1/s1. The zero-order valence-corrected chi connectivity index (χ0v) is 20.2. The molecule has 9 heteroatoms. The van der Waals surface area contributed by atoms with Crippen molar-refractivity contribution < 1.29 is 37.7 Å². The van der Waals surface area contributed by atoms with Crippen molar-refractivity contribution in [3.63, 3.8) is 0 Å². The number of nitrogens with zero attached hydrogens (tertiary/aromatic N) is 1. The molecule has 0 heterocycles. The molecule has 0 saturated heterocycles. The molecule has 2 fully saturated rings. The Balaban J connectivity index is 1.43. The molecule has 0 bridgehead atoms. The first-order valence-electron chi connectivity index (χ1n) is 12.2. The maximum atomic E-state index is 12.6. The van der Waals surface area contributed by atoms with Gasteiger partial charge in [-0.05, 0) is 90.7 Å². The minimum Gasteiger partial charge on any atom is -0.504 e. The fourth-order valence-corrected chi connectivity index (χ4v) is 6.67. The second-order valence-corrected chi connectivity index (χ2v) is 10.3. The third-order valence-electron chi connectivity index (χ3n) is 8.42. The Morgan fingerprint density at radius 3 is 2.69 bits per heavy atom. The summed E-state index contributed by atoms with van der Waals surface area (Å²) in [6, 6.07) is 9.13. The summed E-state index contributed by atoms with van der Waals surface area (Å²) in [5.74, 6) is 0.940. The SMILES string of the molecule is COc1cc2c(cc1O)C(=NOCc1cccc(OC(F)(F)F)c1)C[C@@H]1[C@@H]2CC[C@]2(C)C(O)CC[C@@H]12. The van der Waals surface area contributed by atoms with E-state index in [0.717, 1.165) is 36.8 Å². The van der Waals surface area contributed by atoms with E-state index < -0.39 is 6.36 Å². The van der Waals surface area contributed by atoms with Crippen molar-refractivity contribution in [2.75, 3.05) is 7.11 Å². The van der Waals surface area contributed by atoms with Crippen molar-refractivity contribution in [1.29, 1.82) is 0 Å². The Hall–Kier alpha value is -2.94. The molecular weight excluding hydrogens is 475 g/mol. The molecule has 2 N–H and O–H groups in total. The summed E-state index contributed by atoms with van der Waals surface area (Å²) < 4.78 is 47.0. The Morgan fingerprint density at radius 2 is 1.94 bits per heavy atom. The lowest BCUT2D eigenvalue weighted by Gasteiger charge is -2.50. The first-order chi connectivity index (χ1) is 17.1. The number of hydrogen-bond acceptors (Lipinski definition) is 6. The van der Waals surface area contributed by atoms with E-state index in [9.17, 15) is 23.4 Å². The molecule has 36 heavy (non-hydrogen) atoms. The van der Waals surface area contributed by atoms with Crippen LogP contribution in [0.4, 0.5) is 13.2 Å². The topological polar surface area (TPSA) is 80.5 Å². The molecule has 2 aromatic rings. The summed E-state index contributed by atoms with van der Waals surface area (Å²) in [5, 5.41) is 25.6. The van der Waals surface area contributed by atoms with Crippen LogP contribution in [0.1, 0.15) is 61.6 Å². The van der Waals surface area contributed by atoms with Crippen LogP contribution >= 0.6 is 0 Å². The van der Waals surface area contributed by atoms with Crippen LogP contribution in [0.25, 0.3) is 0 Å². The number of benzene rings is 2. The summed E-state index contributed by atoms with van der Waals surface area (Å²) in [6.07, 6.45) is -0.861. The number of aliphatic hydroxyl groups is 1. The highest BCUT2D eigenvalue weighted by atomic mass is 19.4. The van der Waals surface area contributed by atoms with Gasteiger partial charge in [0.1, 0.15) is 12.4 Å². The summed E-state index contributed by atoms with van der Waals surface area (Å²) in [5.41, 5.74) is 2.87. The van der Waals surface area contributed by atoms with E-state index in [1.54, 1.807) is 12.1 Å². The molecule has 5 rings (SSSR count). The number of rotatable bonds is 5. The number of aliphatic hydroxyl groups excluding tert-OH is 1. The molecule has 194 valence electrons. The summed E-state index contributed by atoms with van der Waals surface area (Å²) >= 11 is 0. The molecule has 6 nitrogen and oxygen atoms in total. The van der Waals surface area contributed by atoms with Crippen LogP contribution in [0.3, 0.4) is 0 Å². The number of aromatic hydroxyl groups is 1. The van der Waals surface area contributed by atoms with Crippen LogP contribution in [-0.4, -0.2) is 35.5 Å². The first-order valence-corrected chi connectivity index (χ1v) is 12.2. The highest BCUT2D eigenvalue weighted by Gasteiger charge is 2.55. The normalized spacial score (nSPS) is 30.3. The molecule has 5 atom stereocenters. The molecule has 0 spiro atoms. The van der Waals surface area contributed by atoms with E-state index in [-0.39, 0.29) is 41.5 Å². The zero-order chi connectivity index (χ0) is 25.7. The second kappa shape index (κ2) is 9.18. The molecule has 0 aliphatic heterocycles. The van der Waals surface area contributed by atoms with Gasteiger partial charge in [0.15, 0.2) is 11.5 Å². The molecule has 0 amide bonds. The van der Waals surface area contributed by atoms with E-state index in [1.807, 2.05) is 6.07 Å². The van der Waals surface area contributed by atoms with Crippen LogP contribution in [0.15, 0.2) is 41.6 Å². The number of ether oxygens (including phenoxy) is 2. The lowest BCUT2D eigenvalue weighted by Crippen LogP contribution is -2.45. The number of phenols is 1. The van der Waals surface area contributed by atoms with Crippen molar-refractivity contribution in [2.24, 2.45) is 22.4 Å². The molecule has 0 radical (unpaired) electrons. The van der Waals surface area contributed by atoms with E-state index in [4.69, 9.17) is 9.57 Å². The lowest BCUT2D eigenvalue weighted by atomic mass is 9.55. The highest BCUT2D eigenvalue weighted by Crippen LogP contribution is 2.61. The lowest BCUT2D eigenvalue weighted by molar-refractivity contribution is -0.274. The van der Waals surface area contributed by atoms with Crippen molar-refractivity contribution in [3.8, 4) is 17.2 Å². The highest BCUT2D eigenvalue weighted by molar-refractivity contribution is 6.03. The summed E-state index contributed by atoms with van der Waals surface area (Å²) in [6.45, 7) is 2.14. The number of alkyl halides is 3. The molecular formula is C27H30F3NO5. The van der Waals surface area contributed by atoms with Gasteiger partial charge in [0.05, 0.1) is 18.9 Å². The summed E-state index contributed by atoms with van der Waals surface area (Å²) in [4.78, 5) is 5.62. The largest absolute Gasteiger partial charge is 0.573 e. The maximum Gasteiger partial charge on any atom is 0.573 e. The predicted molar refractivity (Wildman–Crippen MR) is 126 cm³/mol. The Morgan fingerprint density at radius 1 is 1.14 bits per heavy atom. The van der Waals surface area contributed by atoms with Crippen LogP contribution < -0.4 is 9.47 Å². The van der Waals surface area contributed by atoms with Crippen molar-refractivity contribution >= 4 is 5.71 Å². The zero-order valence-electron chi connectivity index (χ0n) is 20.2. The van der Waals surface area contributed by atoms with Gasteiger partial charge in [-0.25, -0.2) is 0 Å². The number of oxime groups is 1. The number of fused-ring (bicyclic) bond motifs is 5. The Labute approximate surface area is 207 Å². The Bertz CT molecular complexity index is 1170. The van der Waals surface area contributed by atoms with Gasteiger partial charge < -0.3 is 24.5 Å². The van der Waals surface area contributed by atoms with Gasteiger partial charge in [0.25, 0.3) is 0 Å². The third kappa shape index (κ3) is 4.49. The number of halogens is 3. The van der Waals surface area contributed by atoms with E-state index in [1.165, 1.54) is 25.3 Å². The van der Waals surface area contributed by atoms with Gasteiger partial charge in [0.2, 0.25) is 0 Å². The number of phenolic OH excluding ortho intramolecular Hbond substituents is 1. The predicted octanol–water partition coefficient (Wildman–Crippen LogP) is 5.89. The molecule has 3 aliphatic rings. The molecule has 2 saturated carbocycles. The fourth-order valence-electron chi connectivity index (χ4n) is 6.67. The van der Waals surface area contributed by atoms with E-state index >= 15 is 0 Å². The van der Waals surface area contributed by atoms with Crippen molar-refractivity contribution in [3.05, 3.63) is 53.1 Å². The van der Waals surface area contributed by atoms with Gasteiger partial charge in [-0.1, -0.05) is 24.2 Å². The average molecular weight is 506 g/mol. The van der Waals surface area contributed by atoms with Crippen LogP contribution in [0.2, 0.25) is 0 Å². The van der Waals surface area contributed by atoms with Gasteiger partial charge in [0, 0.05) is 5.56 Å². The van der Waals surface area contributed by atoms with E-state index in [0.29, 0.717) is 29.4 Å².